The van der Waals surface area contributed by atoms with Crippen LogP contribution in [0.25, 0.3) is 11.1 Å². The molecule has 8 nitrogen and oxygen atoms in total. The van der Waals surface area contributed by atoms with Gasteiger partial charge in [0.05, 0.1) is 34.0 Å². The zero-order valence-electron chi connectivity index (χ0n) is 22.1. The predicted octanol–water partition coefficient (Wildman–Crippen LogP) is 3.99. The van der Waals surface area contributed by atoms with Gasteiger partial charge in [0.1, 0.15) is 0 Å². The van der Waals surface area contributed by atoms with Crippen LogP contribution < -0.4 is 24.8 Å². The van der Waals surface area contributed by atoms with Gasteiger partial charge in [0.15, 0.2) is 11.5 Å². The Kier molecular flexibility index (Phi) is 9.10. The highest BCUT2D eigenvalue weighted by molar-refractivity contribution is 5.96. The van der Waals surface area contributed by atoms with Crippen molar-refractivity contribution in [1.29, 1.82) is 0 Å². The minimum Gasteiger partial charge on any atom is -0.493 e. The number of carbonyl (C=O) groups is 1. The van der Waals surface area contributed by atoms with E-state index in [-0.39, 0.29) is 25.0 Å². The first-order valence-corrected chi connectivity index (χ1v) is 12.8. The highest BCUT2D eigenvalue weighted by atomic mass is 16.5. The number of nitrogens with one attached hydrogen (secondary N) is 2. The third kappa shape index (κ3) is 6.03. The van der Waals surface area contributed by atoms with Crippen molar-refractivity contribution < 1.29 is 29.2 Å². The Morgan fingerprint density at radius 2 is 1.71 bits per heavy atom. The van der Waals surface area contributed by atoms with E-state index in [0.29, 0.717) is 42.1 Å². The number of ether oxygens (including phenoxy) is 3. The third-order valence-electron chi connectivity index (χ3n) is 6.94. The van der Waals surface area contributed by atoms with Crippen LogP contribution in [0.15, 0.2) is 54.6 Å². The first-order valence-electron chi connectivity index (χ1n) is 12.8. The zero-order valence-corrected chi connectivity index (χ0v) is 22.1. The number of anilines is 1. The van der Waals surface area contributed by atoms with E-state index < -0.39 is 6.04 Å². The van der Waals surface area contributed by atoms with E-state index >= 15 is 0 Å². The SMILES string of the molecule is COc1cc(-c2cc(CCCO)cc(C(=O)NC(CO)CC3CNc4ccccc43)c2)cc(OC)c1OC. The molecule has 1 amide bonds. The number of aliphatic hydroxyl groups is 2. The summed E-state index contributed by atoms with van der Waals surface area (Å²) < 4.78 is 16.5. The Bertz CT molecular complexity index is 1240. The van der Waals surface area contributed by atoms with E-state index in [1.165, 1.54) is 5.56 Å². The number of amides is 1. The van der Waals surface area contributed by atoms with Crippen molar-refractivity contribution in [3.05, 3.63) is 71.3 Å². The molecule has 4 rings (SSSR count). The van der Waals surface area contributed by atoms with Gasteiger partial charge in [-0.05, 0) is 71.8 Å². The van der Waals surface area contributed by atoms with Crippen LogP contribution in [0.5, 0.6) is 17.2 Å². The van der Waals surface area contributed by atoms with E-state index in [9.17, 15) is 15.0 Å². The minimum absolute atomic E-state index is 0.0550. The van der Waals surface area contributed by atoms with Crippen LogP contribution in [0.1, 0.15) is 40.2 Å². The number of hydrogen-bond donors (Lipinski definition) is 4. The minimum atomic E-state index is -0.397. The van der Waals surface area contributed by atoms with Gasteiger partial charge in [-0.15, -0.1) is 0 Å². The molecular weight excluding hydrogens is 484 g/mol. The summed E-state index contributed by atoms with van der Waals surface area (Å²) in [6.07, 6.45) is 1.81. The van der Waals surface area contributed by atoms with Crippen LogP contribution in [0, 0.1) is 0 Å². The Balaban J connectivity index is 1.62. The number of rotatable bonds is 12. The Morgan fingerprint density at radius 3 is 2.37 bits per heavy atom. The zero-order chi connectivity index (χ0) is 27.1. The Morgan fingerprint density at radius 1 is 1.00 bits per heavy atom. The van der Waals surface area contributed by atoms with Gasteiger partial charge in [-0.2, -0.15) is 0 Å². The summed E-state index contributed by atoms with van der Waals surface area (Å²) in [7, 11) is 4.67. The molecule has 3 aromatic rings. The highest BCUT2D eigenvalue weighted by Gasteiger charge is 2.26. The standard InChI is InChI=1S/C30H36N2O6/c1-36-27-15-21(16-28(37-2)29(27)38-3)20-11-19(7-6-10-33)12-22(13-20)30(35)32-24(18-34)14-23-17-31-26-9-5-4-8-25(23)26/h4-5,8-9,11-13,15-16,23-24,31,33-34H,6-7,10,14,17-18H2,1-3H3,(H,32,35). The number of fused-ring (bicyclic) bond motifs is 1. The number of aliphatic hydroxyl groups excluding tert-OH is 2. The quantitative estimate of drug-likeness (QED) is 0.286. The van der Waals surface area contributed by atoms with Gasteiger partial charge in [-0.1, -0.05) is 24.3 Å². The van der Waals surface area contributed by atoms with E-state index in [1.54, 1.807) is 21.3 Å². The summed E-state index contributed by atoms with van der Waals surface area (Å²) in [6, 6.07) is 17.1. The molecule has 0 saturated carbocycles. The second kappa shape index (κ2) is 12.7. The third-order valence-corrected chi connectivity index (χ3v) is 6.94. The number of hydrogen-bond acceptors (Lipinski definition) is 7. The topological polar surface area (TPSA) is 109 Å². The molecule has 8 heteroatoms. The second-order valence-electron chi connectivity index (χ2n) is 9.41. The first kappa shape index (κ1) is 27.3. The van der Waals surface area contributed by atoms with E-state index in [2.05, 4.69) is 16.7 Å². The largest absolute Gasteiger partial charge is 0.493 e. The maximum absolute atomic E-state index is 13.4. The Labute approximate surface area is 223 Å². The van der Waals surface area contributed by atoms with Crippen LogP contribution in [0.4, 0.5) is 5.69 Å². The lowest BCUT2D eigenvalue weighted by Crippen LogP contribution is -2.38. The number of aryl methyl sites for hydroxylation is 1. The summed E-state index contributed by atoms with van der Waals surface area (Å²) in [5.41, 5.74) is 5.31. The number of methoxy groups -OCH3 is 3. The van der Waals surface area contributed by atoms with Gasteiger partial charge in [-0.3, -0.25) is 4.79 Å². The lowest BCUT2D eigenvalue weighted by Gasteiger charge is -2.21. The summed E-state index contributed by atoms with van der Waals surface area (Å²) in [5.74, 6) is 1.46. The molecule has 0 aromatic heterocycles. The fourth-order valence-corrected chi connectivity index (χ4v) is 5.02. The average Bonchev–Trinajstić information content (AvgIpc) is 3.37. The molecule has 2 atom stereocenters. The molecule has 38 heavy (non-hydrogen) atoms. The molecule has 1 heterocycles. The van der Waals surface area contributed by atoms with Crippen molar-refractivity contribution in [1.82, 2.24) is 5.32 Å². The molecule has 2 unspecified atom stereocenters. The fourth-order valence-electron chi connectivity index (χ4n) is 5.02. The van der Waals surface area contributed by atoms with E-state index in [1.807, 2.05) is 48.5 Å². The van der Waals surface area contributed by atoms with Crippen LogP contribution in [0.3, 0.4) is 0 Å². The van der Waals surface area contributed by atoms with Crippen molar-refractivity contribution >= 4 is 11.6 Å². The van der Waals surface area contributed by atoms with E-state index in [0.717, 1.165) is 28.9 Å². The predicted molar refractivity (Wildman–Crippen MR) is 148 cm³/mol. The molecule has 0 fully saturated rings. The molecule has 0 saturated heterocycles. The number of para-hydroxylation sites is 1. The summed E-state index contributed by atoms with van der Waals surface area (Å²) >= 11 is 0. The molecule has 1 aliphatic rings. The van der Waals surface area contributed by atoms with Crippen molar-refractivity contribution in [3.8, 4) is 28.4 Å². The van der Waals surface area contributed by atoms with Crippen molar-refractivity contribution in [2.45, 2.75) is 31.2 Å². The number of benzene rings is 3. The fraction of sp³-hybridized carbons (Fsp3) is 0.367. The molecule has 0 aliphatic carbocycles. The molecule has 0 radical (unpaired) electrons. The monoisotopic (exact) mass is 520 g/mol. The van der Waals surface area contributed by atoms with Crippen LogP contribution in [-0.2, 0) is 6.42 Å². The molecular formula is C30H36N2O6. The first-order chi connectivity index (χ1) is 18.5. The van der Waals surface area contributed by atoms with Crippen LogP contribution in [-0.4, -0.2) is 63.2 Å². The molecule has 3 aromatic carbocycles. The smallest absolute Gasteiger partial charge is 0.251 e. The van der Waals surface area contributed by atoms with Crippen molar-refractivity contribution in [2.24, 2.45) is 0 Å². The summed E-state index contributed by atoms with van der Waals surface area (Å²) in [6.45, 7) is 0.668. The lowest BCUT2D eigenvalue weighted by molar-refractivity contribution is 0.0911. The van der Waals surface area contributed by atoms with Crippen molar-refractivity contribution in [2.75, 3.05) is 46.4 Å². The second-order valence-corrected chi connectivity index (χ2v) is 9.41. The molecule has 0 spiro atoms. The van der Waals surface area contributed by atoms with Crippen LogP contribution in [0.2, 0.25) is 0 Å². The molecule has 202 valence electrons. The Hall–Kier alpha value is -3.75. The normalized spacial score (nSPS) is 14.8. The molecule has 0 bridgehead atoms. The van der Waals surface area contributed by atoms with Crippen LogP contribution >= 0.6 is 0 Å². The number of carbonyl (C=O) groups excluding carboxylic acids is 1. The summed E-state index contributed by atoms with van der Waals surface area (Å²) in [5, 5.41) is 25.9. The highest BCUT2D eigenvalue weighted by Crippen LogP contribution is 2.41. The average molecular weight is 521 g/mol. The molecule has 1 aliphatic heterocycles. The van der Waals surface area contributed by atoms with Gasteiger partial charge in [-0.25, -0.2) is 0 Å². The van der Waals surface area contributed by atoms with E-state index in [4.69, 9.17) is 14.2 Å². The van der Waals surface area contributed by atoms with Crippen molar-refractivity contribution in [3.63, 3.8) is 0 Å². The lowest BCUT2D eigenvalue weighted by atomic mass is 9.93. The maximum atomic E-state index is 13.4. The van der Waals surface area contributed by atoms with Gasteiger partial charge in [0.2, 0.25) is 5.75 Å². The summed E-state index contributed by atoms with van der Waals surface area (Å²) in [4.78, 5) is 13.4. The van der Waals surface area contributed by atoms with Gasteiger partial charge < -0.3 is 35.1 Å². The van der Waals surface area contributed by atoms with Gasteiger partial charge >= 0.3 is 0 Å². The maximum Gasteiger partial charge on any atom is 0.251 e. The van der Waals surface area contributed by atoms with Gasteiger partial charge in [0, 0.05) is 30.3 Å². The molecule has 4 N–H and O–H groups in total. The van der Waals surface area contributed by atoms with Gasteiger partial charge in [0.25, 0.3) is 5.91 Å².